The van der Waals surface area contributed by atoms with E-state index in [1.165, 1.54) is 11.4 Å². The van der Waals surface area contributed by atoms with Gasteiger partial charge in [0.25, 0.3) is 0 Å². The number of hydrogen-bond donors (Lipinski definition) is 1. The predicted octanol–water partition coefficient (Wildman–Crippen LogP) is 0.886. The van der Waals surface area contributed by atoms with E-state index in [9.17, 15) is 0 Å². The van der Waals surface area contributed by atoms with Crippen LogP contribution in [0.15, 0.2) is 6.07 Å². The lowest BCUT2D eigenvalue weighted by Gasteiger charge is -2.30. The van der Waals surface area contributed by atoms with E-state index in [4.69, 9.17) is 4.74 Å². The molecule has 0 aromatic carbocycles. The Kier molecular flexibility index (Phi) is 5.36. The van der Waals surface area contributed by atoms with Gasteiger partial charge in [0, 0.05) is 32.7 Å². The molecule has 1 saturated heterocycles. The van der Waals surface area contributed by atoms with Crippen LogP contribution in [0.25, 0.3) is 0 Å². The highest BCUT2D eigenvalue weighted by molar-refractivity contribution is 5.10. The van der Waals surface area contributed by atoms with Gasteiger partial charge in [0.2, 0.25) is 0 Å². The van der Waals surface area contributed by atoms with Crippen molar-refractivity contribution in [1.29, 1.82) is 0 Å². The third-order valence-corrected chi connectivity index (χ3v) is 3.60. The third-order valence-electron chi connectivity index (χ3n) is 3.60. The Morgan fingerprint density at radius 3 is 3.00 bits per heavy atom. The van der Waals surface area contributed by atoms with Crippen LogP contribution in [0.3, 0.4) is 0 Å². The summed E-state index contributed by atoms with van der Waals surface area (Å²) in [5, 5.41) is 8.05. The zero-order valence-electron chi connectivity index (χ0n) is 12.4. The molecule has 2 heterocycles. The highest BCUT2D eigenvalue weighted by Crippen LogP contribution is 2.06. The summed E-state index contributed by atoms with van der Waals surface area (Å²) in [5.74, 6) is 0. The first kappa shape index (κ1) is 14.5. The number of hydrogen-bond acceptors (Lipinski definition) is 4. The number of aryl methyl sites for hydroxylation is 2. The van der Waals surface area contributed by atoms with Gasteiger partial charge in [-0.15, -0.1) is 0 Å². The van der Waals surface area contributed by atoms with Crippen molar-refractivity contribution in [3.05, 3.63) is 17.5 Å². The minimum atomic E-state index is 0.308. The first-order chi connectivity index (χ1) is 9.22. The van der Waals surface area contributed by atoms with Gasteiger partial charge >= 0.3 is 0 Å². The lowest BCUT2D eigenvalue weighted by Crippen LogP contribution is -2.44. The molecule has 2 rings (SSSR count). The maximum absolute atomic E-state index is 5.74. The normalized spacial score (nSPS) is 20.9. The van der Waals surface area contributed by atoms with Gasteiger partial charge in [-0.1, -0.05) is 6.92 Å². The molecule has 5 nitrogen and oxygen atoms in total. The van der Waals surface area contributed by atoms with Crippen molar-refractivity contribution in [1.82, 2.24) is 20.0 Å². The zero-order valence-corrected chi connectivity index (χ0v) is 12.4. The van der Waals surface area contributed by atoms with Crippen molar-refractivity contribution in [3.8, 4) is 0 Å². The Balaban J connectivity index is 1.80. The first-order valence-electron chi connectivity index (χ1n) is 7.29. The molecule has 19 heavy (non-hydrogen) atoms. The van der Waals surface area contributed by atoms with Crippen LogP contribution in [0.5, 0.6) is 0 Å². The van der Waals surface area contributed by atoms with Gasteiger partial charge in [-0.2, -0.15) is 5.10 Å². The van der Waals surface area contributed by atoms with E-state index in [1.54, 1.807) is 0 Å². The Bertz CT molecular complexity index is 391. The molecule has 0 radical (unpaired) electrons. The van der Waals surface area contributed by atoms with Gasteiger partial charge in [-0.25, -0.2) is 0 Å². The number of nitrogens with one attached hydrogen (secondary N) is 1. The molecule has 0 amide bonds. The molecule has 1 unspecified atom stereocenters. The summed E-state index contributed by atoms with van der Waals surface area (Å²) in [6, 6.07) is 2.20. The van der Waals surface area contributed by atoms with Crippen molar-refractivity contribution in [2.45, 2.75) is 39.5 Å². The maximum Gasteiger partial charge on any atom is 0.0826 e. The number of rotatable bonds is 6. The van der Waals surface area contributed by atoms with Gasteiger partial charge in [-0.05, 0) is 26.5 Å². The molecular weight excluding hydrogens is 240 g/mol. The second-order valence-corrected chi connectivity index (χ2v) is 5.18. The molecule has 1 aromatic rings. The summed E-state index contributed by atoms with van der Waals surface area (Å²) in [4.78, 5) is 2.32. The van der Waals surface area contributed by atoms with E-state index in [-0.39, 0.29) is 0 Å². The molecule has 1 aliphatic heterocycles. The summed E-state index contributed by atoms with van der Waals surface area (Å²) in [6.45, 7) is 9.88. The van der Waals surface area contributed by atoms with Crippen LogP contribution in [0.1, 0.15) is 25.2 Å². The van der Waals surface area contributed by atoms with Crippen LogP contribution < -0.4 is 5.32 Å². The lowest BCUT2D eigenvalue weighted by molar-refractivity contribution is -0.0182. The molecule has 1 fully saturated rings. The Hall–Kier alpha value is -0.910. The number of aromatic nitrogens is 2. The van der Waals surface area contributed by atoms with E-state index < -0.39 is 0 Å². The molecule has 1 atom stereocenters. The average molecular weight is 266 g/mol. The lowest BCUT2D eigenvalue weighted by atomic mass is 10.2. The summed E-state index contributed by atoms with van der Waals surface area (Å²) in [7, 11) is 2.15. The van der Waals surface area contributed by atoms with Crippen molar-refractivity contribution >= 4 is 0 Å². The Labute approximate surface area is 115 Å². The predicted molar refractivity (Wildman–Crippen MR) is 76.2 cm³/mol. The second-order valence-electron chi connectivity index (χ2n) is 5.18. The van der Waals surface area contributed by atoms with E-state index >= 15 is 0 Å². The molecular formula is C14H26N4O. The van der Waals surface area contributed by atoms with Crippen LogP contribution in [-0.2, 0) is 24.2 Å². The van der Waals surface area contributed by atoms with Crippen molar-refractivity contribution in [3.63, 3.8) is 0 Å². The molecule has 0 aliphatic carbocycles. The smallest absolute Gasteiger partial charge is 0.0826 e. The monoisotopic (exact) mass is 266 g/mol. The first-order valence-corrected chi connectivity index (χ1v) is 7.29. The average Bonchev–Trinajstić information content (AvgIpc) is 2.81. The van der Waals surface area contributed by atoms with Crippen molar-refractivity contribution < 1.29 is 4.74 Å². The SMILES string of the molecule is CCc1cc(CNCC2CN(C)CCO2)n(CC)n1. The van der Waals surface area contributed by atoms with Gasteiger partial charge < -0.3 is 15.0 Å². The van der Waals surface area contributed by atoms with E-state index in [2.05, 4.69) is 47.0 Å². The highest BCUT2D eigenvalue weighted by Gasteiger charge is 2.17. The van der Waals surface area contributed by atoms with Gasteiger partial charge in [0.1, 0.15) is 0 Å². The largest absolute Gasteiger partial charge is 0.374 e. The van der Waals surface area contributed by atoms with Crippen LogP contribution in [0.4, 0.5) is 0 Å². The minimum Gasteiger partial charge on any atom is -0.374 e. The molecule has 1 N–H and O–H groups in total. The summed E-state index contributed by atoms with van der Waals surface area (Å²) < 4.78 is 7.83. The maximum atomic E-state index is 5.74. The molecule has 0 saturated carbocycles. The van der Waals surface area contributed by atoms with E-state index in [0.717, 1.165) is 45.8 Å². The molecule has 108 valence electrons. The molecule has 0 spiro atoms. The zero-order chi connectivity index (χ0) is 13.7. The van der Waals surface area contributed by atoms with Crippen molar-refractivity contribution in [2.75, 3.05) is 33.3 Å². The minimum absolute atomic E-state index is 0.308. The molecule has 0 bridgehead atoms. The standard InChI is InChI=1S/C14H26N4O/c1-4-12-8-13(18(5-2)16-12)9-15-10-14-11-17(3)6-7-19-14/h8,14-15H,4-7,9-11H2,1-3H3. The van der Waals surface area contributed by atoms with Crippen LogP contribution in [0, 0.1) is 0 Å². The number of ether oxygens (including phenoxy) is 1. The molecule has 1 aromatic heterocycles. The fourth-order valence-electron chi connectivity index (χ4n) is 2.46. The fourth-order valence-corrected chi connectivity index (χ4v) is 2.46. The summed E-state index contributed by atoms with van der Waals surface area (Å²) >= 11 is 0. The summed E-state index contributed by atoms with van der Waals surface area (Å²) in [5.41, 5.74) is 2.44. The Morgan fingerprint density at radius 1 is 1.47 bits per heavy atom. The van der Waals surface area contributed by atoms with Gasteiger partial charge in [-0.3, -0.25) is 4.68 Å². The highest BCUT2D eigenvalue weighted by atomic mass is 16.5. The number of morpholine rings is 1. The Morgan fingerprint density at radius 2 is 2.32 bits per heavy atom. The number of nitrogens with zero attached hydrogens (tertiary/aromatic N) is 3. The van der Waals surface area contributed by atoms with Crippen molar-refractivity contribution in [2.24, 2.45) is 0 Å². The topological polar surface area (TPSA) is 42.3 Å². The third kappa shape index (κ3) is 4.03. The quantitative estimate of drug-likeness (QED) is 0.830. The van der Waals surface area contributed by atoms with Crippen LogP contribution in [0.2, 0.25) is 0 Å². The van der Waals surface area contributed by atoms with E-state index in [1.807, 2.05) is 0 Å². The summed E-state index contributed by atoms with van der Waals surface area (Å²) in [6.07, 6.45) is 1.30. The molecule has 1 aliphatic rings. The van der Waals surface area contributed by atoms with Gasteiger partial charge in [0.15, 0.2) is 0 Å². The van der Waals surface area contributed by atoms with E-state index in [0.29, 0.717) is 6.10 Å². The molecule has 5 heteroatoms. The van der Waals surface area contributed by atoms with Crippen LogP contribution in [-0.4, -0.2) is 54.1 Å². The van der Waals surface area contributed by atoms with Gasteiger partial charge in [0.05, 0.1) is 24.1 Å². The fraction of sp³-hybridized carbons (Fsp3) is 0.786. The number of likely N-dealkylation sites (N-methyl/N-ethyl adjacent to an activating group) is 1. The van der Waals surface area contributed by atoms with Crippen LogP contribution >= 0.6 is 0 Å². The second kappa shape index (κ2) is 7.03.